The van der Waals surface area contributed by atoms with Gasteiger partial charge in [-0.2, -0.15) is 0 Å². The van der Waals surface area contributed by atoms with Crippen LogP contribution in [0.1, 0.15) is 5.56 Å². The van der Waals surface area contributed by atoms with Crippen molar-refractivity contribution in [1.29, 1.82) is 0 Å². The number of nitrogens with one attached hydrogen (secondary N) is 2. The summed E-state index contributed by atoms with van der Waals surface area (Å²) in [5.41, 5.74) is 1.47. The Hall–Kier alpha value is -2.35. The normalized spacial score (nSPS) is 10.5. The second-order valence-electron chi connectivity index (χ2n) is 5.68. The topological polar surface area (TPSA) is 91.7 Å². The molecule has 2 aromatic rings. The zero-order valence-electron chi connectivity index (χ0n) is 14.1. The van der Waals surface area contributed by atoms with Gasteiger partial charge in [0.05, 0.1) is 11.8 Å². The van der Waals surface area contributed by atoms with Crippen molar-refractivity contribution in [3.8, 4) is 0 Å². The first-order valence-electron chi connectivity index (χ1n) is 7.74. The lowest BCUT2D eigenvalue weighted by Gasteiger charge is -2.13. The molecule has 0 spiro atoms. The van der Waals surface area contributed by atoms with Crippen molar-refractivity contribution in [2.24, 2.45) is 0 Å². The Balaban J connectivity index is 2.08. The summed E-state index contributed by atoms with van der Waals surface area (Å²) in [4.78, 5) is 36.8. The van der Waals surface area contributed by atoms with Crippen LogP contribution in [0.4, 0.5) is 5.69 Å². The van der Waals surface area contributed by atoms with Gasteiger partial charge in [-0.1, -0.05) is 15.9 Å². The molecule has 0 radical (unpaired) electrons. The molecule has 0 aliphatic rings. The van der Waals surface area contributed by atoms with Crippen molar-refractivity contribution in [1.82, 2.24) is 10.6 Å². The first-order valence-corrected chi connectivity index (χ1v) is 8.86. The van der Waals surface area contributed by atoms with E-state index in [1.54, 1.807) is 6.07 Å². The lowest BCUT2D eigenvalue weighted by molar-refractivity contribution is -0.121. The Morgan fingerprint density at radius 3 is 2.44 bits per heavy atom. The van der Waals surface area contributed by atoms with Crippen molar-refractivity contribution >= 4 is 44.4 Å². The van der Waals surface area contributed by atoms with Crippen LogP contribution in [0.2, 0.25) is 0 Å². The minimum absolute atomic E-state index is 0.0653. The van der Waals surface area contributed by atoms with Gasteiger partial charge in [-0.3, -0.25) is 9.59 Å². The van der Waals surface area contributed by atoms with Crippen LogP contribution in [-0.2, 0) is 16.0 Å². The van der Waals surface area contributed by atoms with E-state index in [1.165, 1.54) is 6.07 Å². The molecule has 0 bridgehead atoms. The predicted octanol–water partition coefficient (Wildman–Crippen LogP) is 1.03. The second-order valence-corrected chi connectivity index (χ2v) is 6.24. The lowest BCUT2D eigenvalue weighted by Crippen LogP contribution is -2.35. The molecule has 134 valence electrons. The first kappa shape index (κ1) is 19.0. The molecular formula is C17H20BrN3O4. The number of anilines is 1. The number of alkyl halides is 1. The minimum atomic E-state index is -0.490. The maximum Gasteiger partial charge on any atom is 0.336 e. The van der Waals surface area contributed by atoms with E-state index in [0.29, 0.717) is 24.2 Å². The molecule has 2 rings (SSSR count). The van der Waals surface area contributed by atoms with Gasteiger partial charge in [-0.05, 0) is 17.7 Å². The molecule has 0 aliphatic heterocycles. The van der Waals surface area contributed by atoms with Gasteiger partial charge in [-0.15, -0.1) is 0 Å². The fraction of sp³-hybridized carbons (Fsp3) is 0.353. The molecule has 0 unspecified atom stereocenters. The second kappa shape index (κ2) is 8.66. The number of halogens is 1. The van der Waals surface area contributed by atoms with Crippen molar-refractivity contribution in [2.45, 2.75) is 6.42 Å². The summed E-state index contributed by atoms with van der Waals surface area (Å²) in [6.45, 7) is 0.668. The molecule has 1 aromatic carbocycles. The predicted molar refractivity (Wildman–Crippen MR) is 100 cm³/mol. The molecule has 7 nitrogen and oxygen atoms in total. The highest BCUT2D eigenvalue weighted by Crippen LogP contribution is 2.22. The number of carbonyl (C=O) groups excluding carboxylic acids is 2. The van der Waals surface area contributed by atoms with Crippen molar-refractivity contribution in [3.63, 3.8) is 0 Å². The smallest absolute Gasteiger partial charge is 0.336 e. The zero-order chi connectivity index (χ0) is 18.4. The quantitative estimate of drug-likeness (QED) is 0.404. The van der Waals surface area contributed by atoms with E-state index in [-0.39, 0.29) is 23.6 Å². The number of fused-ring (bicyclic) bond motifs is 1. The first-order chi connectivity index (χ1) is 11.9. The number of benzene rings is 1. The third-order valence-corrected chi connectivity index (χ3v) is 4.08. The SMILES string of the molecule is CN(C)c1ccc2c(CC(=O)NCCNC(=O)CBr)cc(=O)oc2c1. The van der Waals surface area contributed by atoms with E-state index < -0.39 is 5.63 Å². The van der Waals surface area contributed by atoms with Gasteiger partial charge in [0.1, 0.15) is 5.58 Å². The molecule has 0 aliphatic carbocycles. The van der Waals surface area contributed by atoms with Crippen LogP contribution in [0.3, 0.4) is 0 Å². The summed E-state index contributed by atoms with van der Waals surface area (Å²) in [6, 6.07) is 6.85. The van der Waals surface area contributed by atoms with Crippen LogP contribution in [0.15, 0.2) is 33.5 Å². The van der Waals surface area contributed by atoms with Crippen LogP contribution in [0.5, 0.6) is 0 Å². The molecule has 0 fully saturated rings. The van der Waals surface area contributed by atoms with Crippen LogP contribution in [0.25, 0.3) is 11.0 Å². The molecular weight excluding hydrogens is 390 g/mol. The summed E-state index contributed by atoms with van der Waals surface area (Å²) in [6.07, 6.45) is 0.0653. The van der Waals surface area contributed by atoms with Crippen molar-refractivity contribution < 1.29 is 14.0 Å². The number of hydrogen-bond donors (Lipinski definition) is 2. The maximum atomic E-state index is 12.1. The van der Waals surface area contributed by atoms with E-state index in [1.807, 2.05) is 31.1 Å². The minimum Gasteiger partial charge on any atom is -0.423 e. The third-order valence-electron chi connectivity index (χ3n) is 3.57. The molecule has 0 saturated heterocycles. The summed E-state index contributed by atoms with van der Waals surface area (Å²) in [5, 5.41) is 6.30. The molecule has 2 amide bonds. The highest BCUT2D eigenvalue weighted by atomic mass is 79.9. The van der Waals surface area contributed by atoms with E-state index in [2.05, 4.69) is 26.6 Å². The van der Waals surface area contributed by atoms with Crippen LogP contribution < -0.4 is 21.2 Å². The number of hydrogen-bond acceptors (Lipinski definition) is 5. The van der Waals surface area contributed by atoms with Gasteiger partial charge in [0.15, 0.2) is 0 Å². The van der Waals surface area contributed by atoms with Gasteiger partial charge >= 0.3 is 5.63 Å². The molecule has 0 atom stereocenters. The Labute approximate surface area is 153 Å². The van der Waals surface area contributed by atoms with Crippen LogP contribution in [-0.4, -0.2) is 44.3 Å². The molecule has 1 aromatic heterocycles. The van der Waals surface area contributed by atoms with Crippen LogP contribution >= 0.6 is 15.9 Å². The van der Waals surface area contributed by atoms with E-state index in [9.17, 15) is 14.4 Å². The highest BCUT2D eigenvalue weighted by molar-refractivity contribution is 9.09. The summed E-state index contributed by atoms with van der Waals surface area (Å²) in [7, 11) is 3.79. The van der Waals surface area contributed by atoms with Gasteiger partial charge in [0, 0.05) is 50.4 Å². The van der Waals surface area contributed by atoms with E-state index in [4.69, 9.17) is 4.42 Å². The van der Waals surface area contributed by atoms with Gasteiger partial charge in [0.25, 0.3) is 0 Å². The average Bonchev–Trinajstić information content (AvgIpc) is 2.57. The zero-order valence-corrected chi connectivity index (χ0v) is 15.7. The number of rotatable bonds is 7. The molecule has 8 heteroatoms. The van der Waals surface area contributed by atoms with Crippen molar-refractivity contribution in [3.05, 3.63) is 40.2 Å². The Morgan fingerprint density at radius 1 is 1.12 bits per heavy atom. The molecule has 2 N–H and O–H groups in total. The average molecular weight is 410 g/mol. The fourth-order valence-corrected chi connectivity index (χ4v) is 2.53. The largest absolute Gasteiger partial charge is 0.423 e. The number of nitrogens with zero attached hydrogens (tertiary/aromatic N) is 1. The third kappa shape index (κ3) is 5.32. The number of carbonyl (C=O) groups is 2. The van der Waals surface area contributed by atoms with E-state index >= 15 is 0 Å². The number of amides is 2. The summed E-state index contributed by atoms with van der Waals surface area (Å²) in [5.74, 6) is -0.366. The van der Waals surface area contributed by atoms with Gasteiger partial charge in [0.2, 0.25) is 11.8 Å². The Bertz CT molecular complexity index is 832. The van der Waals surface area contributed by atoms with Gasteiger partial charge in [-0.25, -0.2) is 4.79 Å². The molecule has 25 heavy (non-hydrogen) atoms. The van der Waals surface area contributed by atoms with Gasteiger partial charge < -0.3 is 20.0 Å². The van der Waals surface area contributed by atoms with Crippen LogP contribution in [0, 0.1) is 0 Å². The summed E-state index contributed by atoms with van der Waals surface area (Å²) >= 11 is 3.04. The van der Waals surface area contributed by atoms with Crippen molar-refractivity contribution in [2.75, 3.05) is 37.4 Å². The Kier molecular flexibility index (Phi) is 6.58. The molecule has 0 saturated carbocycles. The molecule has 1 heterocycles. The Morgan fingerprint density at radius 2 is 1.80 bits per heavy atom. The monoisotopic (exact) mass is 409 g/mol. The van der Waals surface area contributed by atoms with E-state index in [0.717, 1.165) is 11.1 Å². The fourth-order valence-electron chi connectivity index (χ4n) is 2.33. The maximum absolute atomic E-state index is 12.1. The standard InChI is InChI=1S/C17H20BrN3O4/c1-21(2)12-3-4-13-11(8-17(24)25-14(13)9-12)7-15(22)19-5-6-20-16(23)10-18/h3-4,8-9H,5-7,10H2,1-2H3,(H,19,22)(H,20,23). The highest BCUT2D eigenvalue weighted by Gasteiger charge is 2.11. The lowest BCUT2D eigenvalue weighted by atomic mass is 10.1. The summed E-state index contributed by atoms with van der Waals surface area (Å²) < 4.78 is 5.25.